The van der Waals surface area contributed by atoms with Crippen LogP contribution in [0.25, 0.3) is 0 Å². The van der Waals surface area contributed by atoms with Gasteiger partial charge in [-0.05, 0) is 54.0 Å². The molecule has 7 heteroatoms. The molecule has 1 saturated heterocycles. The van der Waals surface area contributed by atoms with Crippen molar-refractivity contribution in [2.45, 2.75) is 25.7 Å². The highest BCUT2D eigenvalue weighted by Crippen LogP contribution is 2.31. The summed E-state index contributed by atoms with van der Waals surface area (Å²) in [5.74, 6) is 0.981. The SMILES string of the molecule is COc1cc(I)c(C(=O)NCCC(=O)N2CCCCC2)cc1OC. The molecule has 1 N–H and O–H groups in total. The van der Waals surface area contributed by atoms with Gasteiger partial charge >= 0.3 is 0 Å². The largest absolute Gasteiger partial charge is 0.493 e. The van der Waals surface area contributed by atoms with Crippen LogP contribution in [0.3, 0.4) is 0 Å². The summed E-state index contributed by atoms with van der Waals surface area (Å²) >= 11 is 2.09. The first-order valence-electron chi connectivity index (χ1n) is 8.04. The first-order chi connectivity index (χ1) is 11.6. The third-order valence-corrected chi connectivity index (χ3v) is 4.94. The number of hydrogen-bond donors (Lipinski definition) is 1. The molecule has 24 heavy (non-hydrogen) atoms. The third-order valence-electron chi connectivity index (χ3n) is 4.05. The number of amides is 2. The van der Waals surface area contributed by atoms with Crippen LogP contribution < -0.4 is 14.8 Å². The van der Waals surface area contributed by atoms with E-state index in [0.717, 1.165) is 29.5 Å². The summed E-state index contributed by atoms with van der Waals surface area (Å²) < 4.78 is 11.2. The number of likely N-dealkylation sites (tertiary alicyclic amines) is 1. The van der Waals surface area contributed by atoms with Crippen LogP contribution in [0.2, 0.25) is 0 Å². The summed E-state index contributed by atoms with van der Waals surface area (Å²) in [4.78, 5) is 26.3. The van der Waals surface area contributed by atoms with Gasteiger partial charge < -0.3 is 19.7 Å². The molecule has 0 aliphatic carbocycles. The van der Waals surface area contributed by atoms with Gasteiger partial charge in [0.2, 0.25) is 5.91 Å². The summed E-state index contributed by atoms with van der Waals surface area (Å²) in [5, 5.41) is 2.81. The molecule has 6 nitrogen and oxygen atoms in total. The van der Waals surface area contributed by atoms with Crippen molar-refractivity contribution in [3.8, 4) is 11.5 Å². The van der Waals surface area contributed by atoms with Crippen molar-refractivity contribution in [2.24, 2.45) is 0 Å². The van der Waals surface area contributed by atoms with Crippen LogP contribution in [0.4, 0.5) is 0 Å². The summed E-state index contributed by atoms with van der Waals surface area (Å²) in [6.07, 6.45) is 3.66. The average molecular weight is 446 g/mol. The van der Waals surface area contributed by atoms with Gasteiger partial charge in [-0.2, -0.15) is 0 Å². The second kappa shape index (κ2) is 9.10. The molecule has 2 amide bonds. The number of piperidine rings is 1. The Morgan fingerprint density at radius 1 is 1.12 bits per heavy atom. The Bertz CT molecular complexity index is 600. The molecule has 0 saturated carbocycles. The van der Waals surface area contributed by atoms with Gasteiger partial charge in [-0.1, -0.05) is 0 Å². The van der Waals surface area contributed by atoms with Gasteiger partial charge in [0.1, 0.15) is 0 Å². The van der Waals surface area contributed by atoms with Crippen LogP contribution in [-0.2, 0) is 4.79 Å². The number of nitrogens with zero attached hydrogens (tertiary/aromatic N) is 1. The fraction of sp³-hybridized carbons (Fsp3) is 0.529. The number of halogens is 1. The fourth-order valence-electron chi connectivity index (χ4n) is 2.71. The van der Waals surface area contributed by atoms with Crippen LogP contribution in [0.1, 0.15) is 36.0 Å². The summed E-state index contributed by atoms with van der Waals surface area (Å²) in [6.45, 7) is 2.00. The molecule has 1 aromatic rings. The van der Waals surface area contributed by atoms with E-state index in [4.69, 9.17) is 9.47 Å². The number of hydrogen-bond acceptors (Lipinski definition) is 4. The van der Waals surface area contributed by atoms with Gasteiger partial charge in [-0.3, -0.25) is 9.59 Å². The zero-order chi connectivity index (χ0) is 17.5. The van der Waals surface area contributed by atoms with Crippen LogP contribution in [0, 0.1) is 3.57 Å². The molecular formula is C17H23IN2O4. The Hall–Kier alpha value is -1.51. The molecule has 0 bridgehead atoms. The fourth-order valence-corrected chi connectivity index (χ4v) is 3.39. The van der Waals surface area contributed by atoms with Gasteiger partial charge in [0.05, 0.1) is 19.8 Å². The van der Waals surface area contributed by atoms with Gasteiger partial charge in [0.25, 0.3) is 5.91 Å². The minimum Gasteiger partial charge on any atom is -0.493 e. The van der Waals surface area contributed by atoms with E-state index in [-0.39, 0.29) is 11.8 Å². The second-order valence-electron chi connectivity index (χ2n) is 5.63. The van der Waals surface area contributed by atoms with Gasteiger partial charge in [-0.15, -0.1) is 0 Å². The maximum Gasteiger partial charge on any atom is 0.252 e. The predicted octanol–water partition coefficient (Wildman–Crippen LogP) is 2.44. The standard InChI is InChI=1S/C17H23IN2O4/c1-23-14-10-12(13(18)11-15(14)24-2)17(22)19-7-6-16(21)20-8-4-3-5-9-20/h10-11H,3-9H2,1-2H3,(H,19,22). The Morgan fingerprint density at radius 3 is 2.38 bits per heavy atom. The van der Waals surface area contributed by atoms with E-state index in [9.17, 15) is 9.59 Å². The third kappa shape index (κ3) is 4.75. The zero-order valence-corrected chi connectivity index (χ0v) is 16.2. The van der Waals surface area contributed by atoms with E-state index in [1.807, 2.05) is 4.90 Å². The summed E-state index contributed by atoms with van der Waals surface area (Å²) in [6, 6.07) is 3.41. The Kier molecular flexibility index (Phi) is 7.14. The van der Waals surface area contributed by atoms with Crippen molar-refractivity contribution in [3.05, 3.63) is 21.3 Å². The number of benzene rings is 1. The summed E-state index contributed by atoms with van der Waals surface area (Å²) in [7, 11) is 3.09. The number of nitrogens with one attached hydrogen (secondary N) is 1. The lowest BCUT2D eigenvalue weighted by Crippen LogP contribution is -2.37. The average Bonchev–Trinajstić information content (AvgIpc) is 2.61. The lowest BCUT2D eigenvalue weighted by atomic mass is 10.1. The van der Waals surface area contributed by atoms with Crippen molar-refractivity contribution in [1.29, 1.82) is 0 Å². The number of methoxy groups -OCH3 is 2. The van der Waals surface area contributed by atoms with Crippen LogP contribution in [-0.4, -0.2) is 50.6 Å². The minimum absolute atomic E-state index is 0.108. The molecular weight excluding hydrogens is 423 g/mol. The normalized spacial score (nSPS) is 14.2. The maximum absolute atomic E-state index is 12.4. The van der Waals surface area contributed by atoms with E-state index in [2.05, 4.69) is 27.9 Å². The molecule has 1 fully saturated rings. The highest BCUT2D eigenvalue weighted by Gasteiger charge is 2.18. The topological polar surface area (TPSA) is 67.9 Å². The van der Waals surface area contributed by atoms with Crippen LogP contribution in [0.15, 0.2) is 12.1 Å². The van der Waals surface area contributed by atoms with E-state index >= 15 is 0 Å². The highest BCUT2D eigenvalue weighted by molar-refractivity contribution is 14.1. The first-order valence-corrected chi connectivity index (χ1v) is 9.12. The molecule has 0 spiro atoms. The monoisotopic (exact) mass is 446 g/mol. The summed E-state index contributed by atoms with van der Waals surface area (Å²) in [5.41, 5.74) is 0.513. The van der Waals surface area contributed by atoms with Crippen molar-refractivity contribution >= 4 is 34.4 Å². The lowest BCUT2D eigenvalue weighted by Gasteiger charge is -2.26. The van der Waals surface area contributed by atoms with E-state index in [0.29, 0.717) is 30.0 Å². The second-order valence-corrected chi connectivity index (χ2v) is 6.80. The van der Waals surface area contributed by atoms with E-state index in [1.54, 1.807) is 19.2 Å². The Labute approximate surface area is 156 Å². The molecule has 0 aromatic heterocycles. The first kappa shape index (κ1) is 18.8. The Balaban J connectivity index is 1.91. The maximum atomic E-state index is 12.4. The van der Waals surface area contributed by atoms with Crippen molar-refractivity contribution < 1.29 is 19.1 Å². The zero-order valence-electron chi connectivity index (χ0n) is 14.1. The van der Waals surface area contributed by atoms with Gasteiger partial charge in [0, 0.05) is 29.6 Å². The molecule has 1 aromatic carbocycles. The smallest absolute Gasteiger partial charge is 0.252 e. The highest BCUT2D eigenvalue weighted by atomic mass is 127. The van der Waals surface area contributed by atoms with Gasteiger partial charge in [0.15, 0.2) is 11.5 Å². The molecule has 1 heterocycles. The number of ether oxygens (including phenoxy) is 2. The Morgan fingerprint density at radius 2 is 1.75 bits per heavy atom. The quantitative estimate of drug-likeness (QED) is 0.682. The molecule has 0 atom stereocenters. The van der Waals surface area contributed by atoms with Crippen molar-refractivity contribution in [1.82, 2.24) is 10.2 Å². The predicted molar refractivity (Wildman–Crippen MR) is 99.6 cm³/mol. The van der Waals surface area contributed by atoms with Gasteiger partial charge in [-0.25, -0.2) is 0 Å². The van der Waals surface area contributed by atoms with E-state index < -0.39 is 0 Å². The lowest BCUT2D eigenvalue weighted by molar-refractivity contribution is -0.131. The number of rotatable bonds is 6. The van der Waals surface area contributed by atoms with Crippen LogP contribution in [0.5, 0.6) is 11.5 Å². The van der Waals surface area contributed by atoms with E-state index in [1.165, 1.54) is 13.5 Å². The molecule has 1 aliphatic heterocycles. The number of carbonyl (C=O) groups is 2. The molecule has 1 aliphatic rings. The van der Waals surface area contributed by atoms with Crippen molar-refractivity contribution in [2.75, 3.05) is 33.9 Å². The minimum atomic E-state index is -0.216. The van der Waals surface area contributed by atoms with Crippen LogP contribution >= 0.6 is 22.6 Å². The number of carbonyl (C=O) groups excluding carboxylic acids is 2. The molecule has 0 radical (unpaired) electrons. The molecule has 0 unspecified atom stereocenters. The van der Waals surface area contributed by atoms with Crippen molar-refractivity contribution in [3.63, 3.8) is 0 Å². The molecule has 132 valence electrons. The molecule has 2 rings (SSSR count).